The second kappa shape index (κ2) is 6.93. The Labute approximate surface area is 161 Å². The van der Waals surface area contributed by atoms with E-state index in [4.69, 9.17) is 4.84 Å². The average Bonchev–Trinajstić information content (AvgIpc) is 3.23. The number of carbonyl (C=O) groups is 3. The number of hydroxylamine groups is 2. The summed E-state index contributed by atoms with van der Waals surface area (Å²) in [6.45, 7) is 0. The van der Waals surface area contributed by atoms with E-state index in [1.54, 1.807) is 17.5 Å². The van der Waals surface area contributed by atoms with Crippen LogP contribution in [0.25, 0.3) is 10.6 Å². The summed E-state index contributed by atoms with van der Waals surface area (Å²) in [7, 11) is 0. The highest BCUT2D eigenvalue weighted by Gasteiger charge is 2.38. The minimum atomic E-state index is -1.00. The van der Waals surface area contributed by atoms with Crippen LogP contribution in [0.2, 0.25) is 0 Å². The molecule has 0 unspecified atom stereocenters. The van der Waals surface area contributed by atoms with Crippen molar-refractivity contribution in [3.63, 3.8) is 0 Å². The van der Waals surface area contributed by atoms with Gasteiger partial charge in [0.1, 0.15) is 5.01 Å². The van der Waals surface area contributed by atoms with Crippen molar-refractivity contribution in [1.82, 2.24) is 10.0 Å². The zero-order valence-corrected chi connectivity index (χ0v) is 14.8. The molecule has 1 aromatic heterocycles. The molecule has 2 aromatic carbocycles. The van der Waals surface area contributed by atoms with Gasteiger partial charge in [-0.3, -0.25) is 9.59 Å². The number of thiazole rings is 1. The van der Waals surface area contributed by atoms with E-state index in [0.717, 1.165) is 23.5 Å². The first-order valence-corrected chi connectivity index (χ1v) is 8.90. The van der Waals surface area contributed by atoms with Crippen LogP contribution in [0.15, 0.2) is 47.8 Å². The van der Waals surface area contributed by atoms with Crippen molar-refractivity contribution in [3.8, 4) is 10.6 Å². The lowest BCUT2D eigenvalue weighted by atomic mass is 10.1. The minimum absolute atomic E-state index is 0.162. The van der Waals surface area contributed by atoms with Crippen LogP contribution in [0.4, 0.5) is 8.78 Å². The number of benzene rings is 2. The largest absolute Gasteiger partial charge is 0.339 e. The third kappa shape index (κ3) is 3.16. The van der Waals surface area contributed by atoms with Crippen LogP contribution < -0.4 is 0 Å². The first-order valence-electron chi connectivity index (χ1n) is 8.02. The summed E-state index contributed by atoms with van der Waals surface area (Å²) in [6.07, 6.45) is -0.298. The number of halogens is 2. The fourth-order valence-electron chi connectivity index (χ4n) is 2.68. The molecular weight excluding hydrogens is 390 g/mol. The molecule has 0 bridgehead atoms. The molecule has 0 saturated carbocycles. The molecule has 0 aliphatic carbocycles. The molecule has 4 rings (SSSR count). The molecule has 0 spiro atoms. The molecule has 1 aliphatic rings. The van der Waals surface area contributed by atoms with E-state index in [9.17, 15) is 23.2 Å². The van der Waals surface area contributed by atoms with Crippen LogP contribution in [-0.4, -0.2) is 27.8 Å². The van der Waals surface area contributed by atoms with E-state index < -0.39 is 29.4 Å². The van der Waals surface area contributed by atoms with Gasteiger partial charge < -0.3 is 4.84 Å². The van der Waals surface area contributed by atoms with Crippen molar-refractivity contribution < 1.29 is 28.0 Å². The molecule has 2 heterocycles. The number of imide groups is 1. The van der Waals surface area contributed by atoms with Gasteiger partial charge in [-0.2, -0.15) is 0 Å². The first-order chi connectivity index (χ1) is 13.4. The van der Waals surface area contributed by atoms with Crippen molar-refractivity contribution in [1.29, 1.82) is 0 Å². The second-order valence-electron chi connectivity index (χ2n) is 5.86. The van der Waals surface area contributed by atoms with Gasteiger partial charge in [0.15, 0.2) is 11.6 Å². The van der Waals surface area contributed by atoms with Crippen molar-refractivity contribution in [2.75, 3.05) is 0 Å². The monoisotopic (exact) mass is 400 g/mol. The predicted octanol–water partition coefficient (Wildman–Crippen LogP) is 3.39. The molecule has 1 aliphatic heterocycles. The predicted molar refractivity (Wildman–Crippen MR) is 94.2 cm³/mol. The van der Waals surface area contributed by atoms with Gasteiger partial charge in [-0.1, -0.05) is 17.2 Å². The maximum Gasteiger partial charge on any atom is 0.339 e. The molecule has 28 heavy (non-hydrogen) atoms. The zero-order valence-electron chi connectivity index (χ0n) is 14.0. The van der Waals surface area contributed by atoms with Gasteiger partial charge in [-0.15, -0.1) is 11.3 Å². The first kappa shape index (κ1) is 17.9. The summed E-state index contributed by atoms with van der Waals surface area (Å²) in [5.74, 6) is -4.25. The molecule has 0 radical (unpaired) electrons. The van der Waals surface area contributed by atoms with E-state index in [-0.39, 0.29) is 17.5 Å². The summed E-state index contributed by atoms with van der Waals surface area (Å²) in [5.41, 5.74) is 0.999. The highest BCUT2D eigenvalue weighted by Crippen LogP contribution is 2.26. The van der Waals surface area contributed by atoms with Gasteiger partial charge in [-0.05, 0) is 30.3 Å². The van der Waals surface area contributed by atoms with Crippen LogP contribution in [0.5, 0.6) is 0 Å². The van der Waals surface area contributed by atoms with Gasteiger partial charge in [0, 0.05) is 10.9 Å². The van der Waals surface area contributed by atoms with Gasteiger partial charge in [0.05, 0.1) is 23.2 Å². The van der Waals surface area contributed by atoms with Crippen molar-refractivity contribution in [2.45, 2.75) is 6.42 Å². The molecular formula is C19H10F2N2O4S. The summed E-state index contributed by atoms with van der Waals surface area (Å²) in [6, 6.07) is 9.51. The quantitative estimate of drug-likeness (QED) is 0.628. The van der Waals surface area contributed by atoms with Crippen molar-refractivity contribution >= 4 is 29.1 Å². The van der Waals surface area contributed by atoms with Crippen LogP contribution >= 0.6 is 11.3 Å². The number of fused-ring (bicyclic) bond motifs is 1. The summed E-state index contributed by atoms with van der Waals surface area (Å²) in [4.78, 5) is 45.6. The molecule has 140 valence electrons. The van der Waals surface area contributed by atoms with E-state index in [1.807, 2.05) is 0 Å². The second-order valence-corrected chi connectivity index (χ2v) is 6.72. The van der Waals surface area contributed by atoms with E-state index in [0.29, 0.717) is 21.3 Å². The molecule has 9 heteroatoms. The maximum absolute atomic E-state index is 13.4. The highest BCUT2D eigenvalue weighted by molar-refractivity contribution is 7.13. The maximum atomic E-state index is 13.4. The van der Waals surface area contributed by atoms with Crippen LogP contribution in [0.3, 0.4) is 0 Å². The van der Waals surface area contributed by atoms with E-state index in [1.165, 1.54) is 18.2 Å². The molecule has 6 nitrogen and oxygen atoms in total. The summed E-state index contributed by atoms with van der Waals surface area (Å²) < 4.78 is 26.4. The van der Waals surface area contributed by atoms with Gasteiger partial charge in [0.2, 0.25) is 0 Å². The molecule has 3 aromatic rings. The Balaban J connectivity index is 1.45. The Morgan fingerprint density at radius 3 is 2.36 bits per heavy atom. The fraction of sp³-hybridized carbons (Fsp3) is 0.0526. The van der Waals surface area contributed by atoms with E-state index >= 15 is 0 Å². The molecule has 0 N–H and O–H groups in total. The Morgan fingerprint density at radius 2 is 1.71 bits per heavy atom. The third-order valence-electron chi connectivity index (χ3n) is 3.99. The molecule has 0 saturated heterocycles. The van der Waals surface area contributed by atoms with Crippen LogP contribution in [0, 0.1) is 11.6 Å². The third-order valence-corrected chi connectivity index (χ3v) is 4.93. The van der Waals surface area contributed by atoms with Crippen molar-refractivity contribution in [2.24, 2.45) is 0 Å². The number of nitrogens with zero attached hydrogens (tertiary/aromatic N) is 2. The number of hydrogen-bond donors (Lipinski definition) is 0. The lowest BCUT2D eigenvalue weighted by molar-refractivity contribution is -0.167. The molecule has 0 fully saturated rings. The number of carbonyl (C=O) groups excluding carboxylic acids is 3. The van der Waals surface area contributed by atoms with Gasteiger partial charge >= 0.3 is 5.97 Å². The summed E-state index contributed by atoms with van der Waals surface area (Å²) >= 11 is 1.14. The number of amides is 2. The molecule has 0 atom stereocenters. The SMILES string of the molecule is O=C(Cc1csc(-c2ccc(F)c(F)c2)n1)ON1C(=O)c2ccccc2C1=O. The minimum Gasteiger partial charge on any atom is -0.329 e. The Kier molecular flexibility index (Phi) is 4.44. The smallest absolute Gasteiger partial charge is 0.329 e. The van der Waals surface area contributed by atoms with Crippen LogP contribution in [-0.2, 0) is 16.1 Å². The highest BCUT2D eigenvalue weighted by atomic mass is 32.1. The van der Waals surface area contributed by atoms with Crippen LogP contribution in [0.1, 0.15) is 26.4 Å². The lowest BCUT2D eigenvalue weighted by Gasteiger charge is -2.12. The lowest BCUT2D eigenvalue weighted by Crippen LogP contribution is -2.33. The topological polar surface area (TPSA) is 76.6 Å². The average molecular weight is 400 g/mol. The van der Waals surface area contributed by atoms with Crippen molar-refractivity contribution in [3.05, 3.63) is 76.3 Å². The standard InChI is InChI=1S/C19H10F2N2O4S/c20-14-6-5-10(7-15(14)21)17-22-11(9-28-17)8-16(24)27-23-18(25)12-3-1-2-4-13(12)19(23)26/h1-7,9H,8H2. The Bertz CT molecular complexity index is 1090. The zero-order chi connectivity index (χ0) is 19.8. The Morgan fingerprint density at radius 1 is 1.04 bits per heavy atom. The number of aromatic nitrogens is 1. The fourth-order valence-corrected chi connectivity index (χ4v) is 3.50. The van der Waals surface area contributed by atoms with Gasteiger partial charge in [-0.25, -0.2) is 18.6 Å². The number of rotatable bonds is 4. The van der Waals surface area contributed by atoms with E-state index in [2.05, 4.69) is 4.98 Å². The normalized spacial score (nSPS) is 13.0. The summed E-state index contributed by atoms with van der Waals surface area (Å²) in [5, 5.41) is 2.37. The number of hydrogen-bond acceptors (Lipinski definition) is 6. The molecule has 2 amide bonds. The van der Waals surface area contributed by atoms with Gasteiger partial charge in [0.25, 0.3) is 11.8 Å². The Hall–Kier alpha value is -3.46.